The fraction of sp³-hybridized carbons (Fsp3) is 0.500. The number of aromatic nitrogens is 4. The van der Waals surface area contributed by atoms with Crippen LogP contribution in [0.2, 0.25) is 0 Å². The average molecular weight is 354 g/mol. The molecule has 2 rings (SSSR count). The first kappa shape index (κ1) is 15.8. The van der Waals surface area contributed by atoms with Crippen LogP contribution in [-0.4, -0.2) is 37.4 Å². The fourth-order valence-electron chi connectivity index (χ4n) is 2.01. The second kappa shape index (κ2) is 6.89. The molecule has 0 saturated heterocycles. The van der Waals surface area contributed by atoms with Crippen LogP contribution in [0.4, 0.5) is 0 Å². The largest absolute Gasteiger partial charge is 0.340 e. The molecular weight excluding hydrogens is 334 g/mol. The number of carbonyl (C=O) groups excluding carboxylic acids is 1. The number of hydrogen-bond donors (Lipinski definition) is 0. The maximum atomic E-state index is 12.2. The molecule has 2 aromatic rings. The summed E-state index contributed by atoms with van der Waals surface area (Å²) in [5.41, 5.74) is 1.84. The van der Waals surface area contributed by atoms with Gasteiger partial charge in [0.05, 0.1) is 22.4 Å². The van der Waals surface area contributed by atoms with Gasteiger partial charge in [0.25, 0.3) is 0 Å². The highest BCUT2D eigenvalue weighted by Gasteiger charge is 2.13. The van der Waals surface area contributed by atoms with Crippen LogP contribution in [0.3, 0.4) is 0 Å². The highest BCUT2D eigenvalue weighted by atomic mass is 79.9. The van der Waals surface area contributed by atoms with Gasteiger partial charge in [-0.15, -0.1) is 0 Å². The van der Waals surface area contributed by atoms with Crippen molar-refractivity contribution in [1.82, 2.24) is 24.5 Å². The molecule has 6 nitrogen and oxygen atoms in total. The standard InChI is InChI=1S/C14H20BrN5O/c1-4-19-9-12(15)13(17-19)10-18(3)14(21)6-8-20-7-5-11(2)16-20/h5,7,9H,4,6,8,10H2,1-3H3. The molecule has 7 heteroatoms. The minimum Gasteiger partial charge on any atom is -0.340 e. The van der Waals surface area contributed by atoms with Gasteiger partial charge in [-0.1, -0.05) is 0 Å². The molecule has 21 heavy (non-hydrogen) atoms. The van der Waals surface area contributed by atoms with Gasteiger partial charge in [0.1, 0.15) is 0 Å². The number of nitrogens with zero attached hydrogens (tertiary/aromatic N) is 5. The molecule has 0 aliphatic rings. The molecule has 0 fully saturated rings. The molecule has 0 aliphatic heterocycles. The van der Waals surface area contributed by atoms with Crippen LogP contribution in [0.5, 0.6) is 0 Å². The van der Waals surface area contributed by atoms with Crippen molar-refractivity contribution in [3.05, 3.63) is 34.3 Å². The van der Waals surface area contributed by atoms with E-state index in [0.29, 0.717) is 19.5 Å². The molecule has 2 aromatic heterocycles. The summed E-state index contributed by atoms with van der Waals surface area (Å²) in [5.74, 6) is 0.0844. The molecule has 0 unspecified atom stereocenters. The summed E-state index contributed by atoms with van der Waals surface area (Å²) in [6, 6.07) is 1.93. The summed E-state index contributed by atoms with van der Waals surface area (Å²) in [6.45, 7) is 5.89. The van der Waals surface area contributed by atoms with E-state index in [4.69, 9.17) is 0 Å². The topological polar surface area (TPSA) is 56.0 Å². The average Bonchev–Trinajstić information content (AvgIpc) is 3.02. The maximum Gasteiger partial charge on any atom is 0.224 e. The third-order valence-electron chi connectivity index (χ3n) is 3.25. The summed E-state index contributed by atoms with van der Waals surface area (Å²) in [6.07, 6.45) is 4.26. The van der Waals surface area contributed by atoms with Gasteiger partial charge >= 0.3 is 0 Å². The molecule has 0 spiro atoms. The molecular formula is C14H20BrN5O. The van der Waals surface area contributed by atoms with E-state index in [0.717, 1.165) is 22.4 Å². The Bertz CT molecular complexity index is 619. The fourth-order valence-corrected chi connectivity index (χ4v) is 2.45. The molecule has 0 radical (unpaired) electrons. The number of rotatable bonds is 6. The van der Waals surface area contributed by atoms with Crippen molar-refractivity contribution in [3.8, 4) is 0 Å². The van der Waals surface area contributed by atoms with E-state index in [-0.39, 0.29) is 5.91 Å². The third-order valence-corrected chi connectivity index (χ3v) is 3.92. The van der Waals surface area contributed by atoms with Crippen molar-refractivity contribution in [2.24, 2.45) is 0 Å². The number of amides is 1. The van der Waals surface area contributed by atoms with E-state index >= 15 is 0 Å². The molecule has 0 saturated carbocycles. The van der Waals surface area contributed by atoms with Crippen molar-refractivity contribution in [1.29, 1.82) is 0 Å². The molecule has 0 aromatic carbocycles. The number of aryl methyl sites for hydroxylation is 3. The maximum absolute atomic E-state index is 12.2. The van der Waals surface area contributed by atoms with E-state index in [1.54, 1.807) is 16.6 Å². The summed E-state index contributed by atoms with van der Waals surface area (Å²) in [5, 5.41) is 8.71. The Morgan fingerprint density at radius 1 is 1.38 bits per heavy atom. The summed E-state index contributed by atoms with van der Waals surface area (Å²) < 4.78 is 4.58. The highest BCUT2D eigenvalue weighted by molar-refractivity contribution is 9.10. The van der Waals surface area contributed by atoms with Crippen LogP contribution in [0.1, 0.15) is 24.7 Å². The lowest BCUT2D eigenvalue weighted by Gasteiger charge is -2.16. The minimum absolute atomic E-state index is 0.0844. The zero-order valence-electron chi connectivity index (χ0n) is 12.6. The van der Waals surface area contributed by atoms with Crippen LogP contribution in [0.25, 0.3) is 0 Å². The Kier molecular flexibility index (Phi) is 5.17. The Balaban J connectivity index is 1.88. The lowest BCUT2D eigenvalue weighted by Crippen LogP contribution is -2.27. The SMILES string of the molecule is CCn1cc(Br)c(CN(C)C(=O)CCn2ccc(C)n2)n1. The lowest BCUT2D eigenvalue weighted by atomic mass is 10.3. The van der Waals surface area contributed by atoms with Gasteiger partial charge in [-0.25, -0.2) is 0 Å². The number of hydrogen-bond acceptors (Lipinski definition) is 3. The molecule has 2 heterocycles. The van der Waals surface area contributed by atoms with Crippen LogP contribution < -0.4 is 0 Å². The molecule has 0 aliphatic carbocycles. The predicted molar refractivity (Wildman–Crippen MR) is 83.7 cm³/mol. The van der Waals surface area contributed by atoms with Crippen molar-refractivity contribution in [2.75, 3.05) is 7.05 Å². The quantitative estimate of drug-likeness (QED) is 0.799. The highest BCUT2D eigenvalue weighted by Crippen LogP contribution is 2.16. The summed E-state index contributed by atoms with van der Waals surface area (Å²) in [7, 11) is 1.80. The second-order valence-electron chi connectivity index (χ2n) is 5.00. The van der Waals surface area contributed by atoms with Crippen LogP contribution in [0.15, 0.2) is 22.9 Å². The van der Waals surface area contributed by atoms with Crippen LogP contribution >= 0.6 is 15.9 Å². The van der Waals surface area contributed by atoms with Gasteiger partial charge in [0, 0.05) is 39.0 Å². The van der Waals surface area contributed by atoms with Gasteiger partial charge in [-0.05, 0) is 35.8 Å². The van der Waals surface area contributed by atoms with Crippen molar-refractivity contribution in [3.63, 3.8) is 0 Å². The smallest absolute Gasteiger partial charge is 0.224 e. The Morgan fingerprint density at radius 3 is 2.71 bits per heavy atom. The first-order chi connectivity index (χ1) is 9.99. The summed E-state index contributed by atoms with van der Waals surface area (Å²) in [4.78, 5) is 13.8. The van der Waals surface area contributed by atoms with Gasteiger partial charge in [-0.3, -0.25) is 14.2 Å². The van der Waals surface area contributed by atoms with Gasteiger partial charge < -0.3 is 4.90 Å². The van der Waals surface area contributed by atoms with Crippen LogP contribution in [-0.2, 0) is 24.4 Å². The van der Waals surface area contributed by atoms with E-state index in [2.05, 4.69) is 26.1 Å². The Morgan fingerprint density at radius 2 is 2.14 bits per heavy atom. The number of carbonyl (C=O) groups is 1. The lowest BCUT2D eigenvalue weighted by molar-refractivity contribution is -0.130. The van der Waals surface area contributed by atoms with E-state index in [1.165, 1.54) is 0 Å². The first-order valence-electron chi connectivity index (χ1n) is 6.95. The predicted octanol–water partition coefficient (Wildman–Crippen LogP) is 2.22. The van der Waals surface area contributed by atoms with Crippen molar-refractivity contribution in [2.45, 2.75) is 39.9 Å². The van der Waals surface area contributed by atoms with E-state index < -0.39 is 0 Å². The zero-order valence-corrected chi connectivity index (χ0v) is 14.2. The molecule has 114 valence electrons. The van der Waals surface area contributed by atoms with Crippen LogP contribution in [0, 0.1) is 6.92 Å². The minimum atomic E-state index is 0.0844. The Labute approximate surface area is 132 Å². The van der Waals surface area contributed by atoms with Gasteiger partial charge in [0.2, 0.25) is 5.91 Å². The Hall–Kier alpha value is -1.63. The number of halogens is 1. The van der Waals surface area contributed by atoms with E-state index in [1.807, 2.05) is 37.0 Å². The van der Waals surface area contributed by atoms with E-state index in [9.17, 15) is 4.79 Å². The third kappa shape index (κ3) is 4.17. The molecule has 0 N–H and O–H groups in total. The first-order valence-corrected chi connectivity index (χ1v) is 7.74. The van der Waals surface area contributed by atoms with Gasteiger partial charge in [0.15, 0.2) is 0 Å². The summed E-state index contributed by atoms with van der Waals surface area (Å²) >= 11 is 3.48. The second-order valence-corrected chi connectivity index (χ2v) is 5.85. The normalized spacial score (nSPS) is 10.9. The van der Waals surface area contributed by atoms with Crippen molar-refractivity contribution < 1.29 is 4.79 Å². The van der Waals surface area contributed by atoms with Crippen molar-refractivity contribution >= 4 is 21.8 Å². The molecule has 0 bridgehead atoms. The monoisotopic (exact) mass is 353 g/mol. The zero-order chi connectivity index (χ0) is 15.4. The van der Waals surface area contributed by atoms with Gasteiger partial charge in [-0.2, -0.15) is 10.2 Å². The molecule has 0 atom stereocenters. The molecule has 1 amide bonds.